The topological polar surface area (TPSA) is 67.3 Å². The molecule has 0 unspecified atom stereocenters. The molecule has 0 fully saturated rings. The number of hydrogen-bond donors (Lipinski definition) is 1. The number of carbonyl (C=O) groups is 1. The monoisotopic (exact) mass is 376 g/mol. The van der Waals surface area contributed by atoms with Crippen LogP contribution in [-0.4, -0.2) is 29.0 Å². The van der Waals surface area contributed by atoms with Crippen molar-refractivity contribution in [2.75, 3.05) is 23.4 Å². The van der Waals surface area contributed by atoms with Crippen LogP contribution in [0, 0.1) is 6.92 Å². The molecule has 2 aromatic carbocycles. The molecule has 0 spiro atoms. The first-order chi connectivity index (χ1) is 13.6. The quantitative estimate of drug-likeness (QED) is 0.653. The lowest BCUT2D eigenvalue weighted by atomic mass is 10.2. The molecule has 0 atom stereocenters. The zero-order valence-electron chi connectivity index (χ0n) is 16.3. The third-order valence-electron chi connectivity index (χ3n) is 4.20. The SMILES string of the molecule is CCOc1ccc(Nc2cc(C(=O)N(CC)c3cccc(C)c3)ncn2)cc1. The number of anilines is 3. The van der Waals surface area contributed by atoms with Crippen LogP contribution >= 0.6 is 0 Å². The van der Waals surface area contributed by atoms with Crippen molar-refractivity contribution < 1.29 is 9.53 Å². The lowest BCUT2D eigenvalue weighted by Crippen LogP contribution is -2.31. The Hall–Kier alpha value is -3.41. The number of nitrogens with zero attached hydrogens (tertiary/aromatic N) is 3. The summed E-state index contributed by atoms with van der Waals surface area (Å²) >= 11 is 0. The molecule has 6 nitrogen and oxygen atoms in total. The second-order valence-corrected chi connectivity index (χ2v) is 6.26. The Bertz CT molecular complexity index is 941. The predicted molar refractivity (Wildman–Crippen MR) is 111 cm³/mol. The highest BCUT2D eigenvalue weighted by atomic mass is 16.5. The molecule has 0 aliphatic heterocycles. The van der Waals surface area contributed by atoms with Crippen LogP contribution in [0.2, 0.25) is 0 Å². The molecule has 1 heterocycles. The first kappa shape index (κ1) is 19.4. The third kappa shape index (κ3) is 4.65. The number of benzene rings is 2. The summed E-state index contributed by atoms with van der Waals surface area (Å²) in [7, 11) is 0. The van der Waals surface area contributed by atoms with E-state index in [9.17, 15) is 4.79 Å². The molecule has 0 bridgehead atoms. The number of rotatable bonds is 7. The molecular formula is C22H24N4O2. The minimum atomic E-state index is -0.162. The normalized spacial score (nSPS) is 10.4. The first-order valence-electron chi connectivity index (χ1n) is 9.31. The smallest absolute Gasteiger partial charge is 0.277 e. The number of aryl methyl sites for hydroxylation is 1. The summed E-state index contributed by atoms with van der Waals surface area (Å²) < 4.78 is 5.45. The van der Waals surface area contributed by atoms with Gasteiger partial charge in [0.2, 0.25) is 0 Å². The Labute approximate surface area is 165 Å². The first-order valence-corrected chi connectivity index (χ1v) is 9.31. The summed E-state index contributed by atoms with van der Waals surface area (Å²) in [6.45, 7) is 7.07. The van der Waals surface area contributed by atoms with Gasteiger partial charge in [0.15, 0.2) is 0 Å². The van der Waals surface area contributed by atoms with Crippen LogP contribution in [-0.2, 0) is 0 Å². The van der Waals surface area contributed by atoms with Gasteiger partial charge >= 0.3 is 0 Å². The van der Waals surface area contributed by atoms with Crippen molar-refractivity contribution >= 4 is 23.1 Å². The van der Waals surface area contributed by atoms with Gasteiger partial charge < -0.3 is 15.0 Å². The Balaban J connectivity index is 1.78. The number of carbonyl (C=O) groups excluding carboxylic acids is 1. The van der Waals surface area contributed by atoms with Gasteiger partial charge in [-0.15, -0.1) is 0 Å². The fraction of sp³-hybridized carbons (Fsp3) is 0.227. The van der Waals surface area contributed by atoms with Crippen molar-refractivity contribution in [1.29, 1.82) is 0 Å². The van der Waals surface area contributed by atoms with Gasteiger partial charge in [0.05, 0.1) is 6.61 Å². The Morgan fingerprint density at radius 2 is 1.86 bits per heavy atom. The van der Waals surface area contributed by atoms with Gasteiger partial charge in [-0.1, -0.05) is 12.1 Å². The molecule has 0 aliphatic carbocycles. The highest BCUT2D eigenvalue weighted by Crippen LogP contribution is 2.21. The van der Waals surface area contributed by atoms with Gasteiger partial charge in [-0.25, -0.2) is 9.97 Å². The van der Waals surface area contributed by atoms with E-state index in [0.717, 1.165) is 22.7 Å². The molecular weight excluding hydrogens is 352 g/mol. The molecule has 28 heavy (non-hydrogen) atoms. The maximum absolute atomic E-state index is 13.0. The van der Waals surface area contributed by atoms with Crippen molar-refractivity contribution in [2.45, 2.75) is 20.8 Å². The van der Waals surface area contributed by atoms with E-state index >= 15 is 0 Å². The number of aromatic nitrogens is 2. The average Bonchev–Trinajstić information content (AvgIpc) is 2.70. The van der Waals surface area contributed by atoms with E-state index < -0.39 is 0 Å². The van der Waals surface area contributed by atoms with Crippen molar-refractivity contribution in [2.24, 2.45) is 0 Å². The van der Waals surface area contributed by atoms with Crippen LogP contribution in [0.5, 0.6) is 5.75 Å². The van der Waals surface area contributed by atoms with Gasteiger partial charge in [0, 0.05) is 24.0 Å². The average molecular weight is 376 g/mol. The lowest BCUT2D eigenvalue weighted by molar-refractivity contribution is 0.0983. The summed E-state index contributed by atoms with van der Waals surface area (Å²) in [6, 6.07) is 17.1. The summed E-state index contributed by atoms with van der Waals surface area (Å²) in [5.41, 5.74) is 3.15. The summed E-state index contributed by atoms with van der Waals surface area (Å²) in [5, 5.41) is 3.20. The van der Waals surface area contributed by atoms with Crippen molar-refractivity contribution in [3.05, 3.63) is 72.2 Å². The molecule has 0 radical (unpaired) electrons. The molecule has 6 heteroatoms. The molecule has 0 aliphatic rings. The summed E-state index contributed by atoms with van der Waals surface area (Å²) in [5.74, 6) is 1.20. The standard InChI is InChI=1S/C22H24N4O2/c1-4-26(18-8-6-7-16(3)13-18)22(27)20-14-21(24-15-23-20)25-17-9-11-19(12-10-17)28-5-2/h6-15H,4-5H2,1-3H3,(H,23,24,25). The maximum Gasteiger partial charge on any atom is 0.277 e. The van der Waals surface area contributed by atoms with E-state index in [1.54, 1.807) is 11.0 Å². The van der Waals surface area contributed by atoms with Gasteiger partial charge in [-0.05, 0) is 62.7 Å². The van der Waals surface area contributed by atoms with Crippen LogP contribution in [0.1, 0.15) is 29.9 Å². The molecule has 1 amide bonds. The molecule has 3 aromatic rings. The maximum atomic E-state index is 13.0. The highest BCUT2D eigenvalue weighted by Gasteiger charge is 2.18. The largest absolute Gasteiger partial charge is 0.494 e. The van der Waals surface area contributed by atoms with E-state index in [1.165, 1.54) is 6.33 Å². The zero-order chi connectivity index (χ0) is 19.9. The van der Waals surface area contributed by atoms with Gasteiger partial charge in [-0.2, -0.15) is 0 Å². The molecule has 3 rings (SSSR count). The van der Waals surface area contributed by atoms with Gasteiger partial charge in [0.1, 0.15) is 23.6 Å². The van der Waals surface area contributed by atoms with E-state index in [-0.39, 0.29) is 5.91 Å². The van der Waals surface area contributed by atoms with E-state index in [2.05, 4.69) is 15.3 Å². The van der Waals surface area contributed by atoms with Gasteiger partial charge in [-0.3, -0.25) is 4.79 Å². The number of nitrogens with one attached hydrogen (secondary N) is 1. The number of amides is 1. The third-order valence-corrected chi connectivity index (χ3v) is 4.20. The van der Waals surface area contributed by atoms with Crippen LogP contribution in [0.4, 0.5) is 17.2 Å². The second-order valence-electron chi connectivity index (χ2n) is 6.26. The molecule has 1 N–H and O–H groups in total. The number of hydrogen-bond acceptors (Lipinski definition) is 5. The number of ether oxygens (including phenoxy) is 1. The van der Waals surface area contributed by atoms with Crippen LogP contribution < -0.4 is 15.0 Å². The summed E-state index contributed by atoms with van der Waals surface area (Å²) in [4.78, 5) is 23.1. The van der Waals surface area contributed by atoms with Crippen LogP contribution in [0.3, 0.4) is 0 Å². The molecule has 144 valence electrons. The van der Waals surface area contributed by atoms with E-state index in [4.69, 9.17) is 4.74 Å². The highest BCUT2D eigenvalue weighted by molar-refractivity contribution is 6.05. The molecule has 0 saturated carbocycles. The Kier molecular flexibility index (Phi) is 6.22. The molecule has 0 saturated heterocycles. The predicted octanol–water partition coefficient (Wildman–Crippen LogP) is 4.59. The van der Waals surface area contributed by atoms with E-state index in [0.29, 0.717) is 24.7 Å². The van der Waals surface area contributed by atoms with Crippen molar-refractivity contribution in [3.63, 3.8) is 0 Å². The lowest BCUT2D eigenvalue weighted by Gasteiger charge is -2.21. The van der Waals surface area contributed by atoms with Gasteiger partial charge in [0.25, 0.3) is 5.91 Å². The minimum absolute atomic E-state index is 0.162. The molecule has 1 aromatic heterocycles. The van der Waals surface area contributed by atoms with Crippen LogP contribution in [0.15, 0.2) is 60.9 Å². The fourth-order valence-electron chi connectivity index (χ4n) is 2.87. The Morgan fingerprint density at radius 3 is 2.54 bits per heavy atom. The van der Waals surface area contributed by atoms with Crippen molar-refractivity contribution in [1.82, 2.24) is 9.97 Å². The second kappa shape index (κ2) is 8.99. The van der Waals surface area contributed by atoms with Crippen molar-refractivity contribution in [3.8, 4) is 5.75 Å². The minimum Gasteiger partial charge on any atom is -0.494 e. The van der Waals surface area contributed by atoms with Crippen LogP contribution in [0.25, 0.3) is 0 Å². The zero-order valence-corrected chi connectivity index (χ0v) is 16.3. The Morgan fingerprint density at radius 1 is 1.07 bits per heavy atom. The summed E-state index contributed by atoms with van der Waals surface area (Å²) in [6.07, 6.45) is 1.40. The fourth-order valence-corrected chi connectivity index (χ4v) is 2.87. The van der Waals surface area contributed by atoms with E-state index in [1.807, 2.05) is 69.3 Å².